The van der Waals surface area contributed by atoms with Gasteiger partial charge in [-0.2, -0.15) is 5.26 Å². The molecule has 1 unspecified atom stereocenters. The van der Waals surface area contributed by atoms with Crippen molar-refractivity contribution in [3.05, 3.63) is 65.0 Å². The van der Waals surface area contributed by atoms with E-state index in [1.54, 1.807) is 15.5 Å². The quantitative estimate of drug-likeness (QED) is 0.227. The summed E-state index contributed by atoms with van der Waals surface area (Å²) in [5.74, 6) is -0.136. The zero-order chi connectivity index (χ0) is 24.5. The molecule has 0 spiro atoms. The standard InChI is InChI=1S/C26H30N4O3S/c1-19(2)33-18-10-17-30-25(32)22-13-7-8-14-23(22)28-26(30)34-20(3)24(31)29(16-9-15-27)21-11-5-4-6-12-21/h4-8,11-14,19-20H,9-10,16-18H2,1-3H3. The molecule has 34 heavy (non-hydrogen) atoms. The highest BCUT2D eigenvalue weighted by Crippen LogP contribution is 2.26. The molecule has 1 aromatic heterocycles. The lowest BCUT2D eigenvalue weighted by Crippen LogP contribution is -2.37. The summed E-state index contributed by atoms with van der Waals surface area (Å²) in [5, 5.41) is 9.62. The van der Waals surface area contributed by atoms with Crippen LogP contribution in [-0.2, 0) is 16.1 Å². The van der Waals surface area contributed by atoms with Crippen molar-refractivity contribution in [1.29, 1.82) is 5.26 Å². The van der Waals surface area contributed by atoms with Gasteiger partial charge in [-0.15, -0.1) is 0 Å². The summed E-state index contributed by atoms with van der Waals surface area (Å²) in [6.07, 6.45) is 1.01. The van der Waals surface area contributed by atoms with Gasteiger partial charge in [0.1, 0.15) is 0 Å². The maximum absolute atomic E-state index is 13.4. The summed E-state index contributed by atoms with van der Waals surface area (Å²) in [4.78, 5) is 33.0. The molecule has 0 fully saturated rings. The van der Waals surface area contributed by atoms with Crippen LogP contribution < -0.4 is 10.5 Å². The van der Waals surface area contributed by atoms with Gasteiger partial charge >= 0.3 is 0 Å². The number of para-hydroxylation sites is 2. The molecule has 3 aromatic rings. The molecule has 0 aliphatic carbocycles. The molecule has 0 bridgehead atoms. The van der Waals surface area contributed by atoms with Crippen molar-refractivity contribution in [2.24, 2.45) is 0 Å². The minimum atomic E-state index is -0.509. The number of anilines is 1. The van der Waals surface area contributed by atoms with Crippen molar-refractivity contribution in [2.45, 2.75) is 56.7 Å². The number of carbonyl (C=O) groups is 1. The number of rotatable bonds is 11. The van der Waals surface area contributed by atoms with Gasteiger partial charge in [0, 0.05) is 25.4 Å². The van der Waals surface area contributed by atoms with Crippen LogP contribution in [0.4, 0.5) is 5.69 Å². The molecule has 7 nitrogen and oxygen atoms in total. The van der Waals surface area contributed by atoms with Crippen molar-refractivity contribution in [2.75, 3.05) is 18.1 Å². The number of aromatic nitrogens is 2. The van der Waals surface area contributed by atoms with E-state index in [2.05, 4.69) is 6.07 Å². The fourth-order valence-electron chi connectivity index (χ4n) is 3.54. The molecule has 0 saturated heterocycles. The van der Waals surface area contributed by atoms with Gasteiger partial charge in [0.2, 0.25) is 5.91 Å². The van der Waals surface area contributed by atoms with Crippen LogP contribution in [0.25, 0.3) is 10.9 Å². The zero-order valence-electron chi connectivity index (χ0n) is 19.8. The minimum absolute atomic E-state index is 0.121. The Morgan fingerprint density at radius 2 is 1.85 bits per heavy atom. The summed E-state index contributed by atoms with van der Waals surface area (Å²) >= 11 is 1.27. The number of amides is 1. The van der Waals surface area contributed by atoms with Gasteiger partial charge in [-0.25, -0.2) is 4.98 Å². The van der Waals surface area contributed by atoms with Crippen LogP contribution in [-0.4, -0.2) is 40.0 Å². The average Bonchev–Trinajstić information content (AvgIpc) is 2.84. The third-order valence-electron chi connectivity index (χ3n) is 5.21. The smallest absolute Gasteiger partial charge is 0.262 e. The average molecular weight is 479 g/mol. The number of hydrogen-bond donors (Lipinski definition) is 0. The van der Waals surface area contributed by atoms with Crippen LogP contribution in [0.2, 0.25) is 0 Å². The predicted octanol–water partition coefficient (Wildman–Crippen LogP) is 4.64. The zero-order valence-corrected chi connectivity index (χ0v) is 20.6. The van der Waals surface area contributed by atoms with Gasteiger partial charge < -0.3 is 9.64 Å². The number of nitriles is 1. The summed E-state index contributed by atoms with van der Waals surface area (Å²) < 4.78 is 7.28. The van der Waals surface area contributed by atoms with E-state index >= 15 is 0 Å². The van der Waals surface area contributed by atoms with Crippen LogP contribution in [0.3, 0.4) is 0 Å². The normalized spacial score (nSPS) is 12.0. The monoisotopic (exact) mass is 478 g/mol. The fraction of sp³-hybridized carbons (Fsp3) is 0.385. The van der Waals surface area contributed by atoms with Gasteiger partial charge in [-0.05, 0) is 51.5 Å². The lowest BCUT2D eigenvalue weighted by molar-refractivity contribution is -0.117. The summed E-state index contributed by atoms with van der Waals surface area (Å²) in [5.41, 5.74) is 1.22. The molecular formula is C26H30N4O3S. The second kappa shape index (κ2) is 12.4. The first-order chi connectivity index (χ1) is 16.4. The molecule has 2 aromatic carbocycles. The SMILES string of the molecule is CC(C)OCCCn1c(SC(C)C(=O)N(CCC#N)c2ccccc2)nc2ccccc2c1=O. The van der Waals surface area contributed by atoms with Gasteiger partial charge in [0.25, 0.3) is 5.56 Å². The van der Waals surface area contributed by atoms with E-state index in [9.17, 15) is 9.59 Å². The van der Waals surface area contributed by atoms with E-state index < -0.39 is 5.25 Å². The molecule has 0 aliphatic rings. The first kappa shape index (κ1) is 25.5. The van der Waals surface area contributed by atoms with Gasteiger partial charge in [0.05, 0.1) is 34.7 Å². The van der Waals surface area contributed by atoms with Crippen LogP contribution >= 0.6 is 11.8 Å². The van der Waals surface area contributed by atoms with E-state index in [0.29, 0.717) is 42.2 Å². The summed E-state index contributed by atoms with van der Waals surface area (Å²) in [6.45, 7) is 7.04. The highest BCUT2D eigenvalue weighted by Gasteiger charge is 2.25. The van der Waals surface area contributed by atoms with E-state index in [0.717, 1.165) is 5.69 Å². The maximum atomic E-state index is 13.4. The molecule has 0 N–H and O–H groups in total. The van der Waals surface area contributed by atoms with Gasteiger partial charge in [-0.1, -0.05) is 42.1 Å². The first-order valence-corrected chi connectivity index (χ1v) is 12.3. The summed E-state index contributed by atoms with van der Waals surface area (Å²) in [6, 6.07) is 18.7. The Hall–Kier alpha value is -3.15. The van der Waals surface area contributed by atoms with Crippen molar-refractivity contribution in [1.82, 2.24) is 9.55 Å². The van der Waals surface area contributed by atoms with E-state index in [1.807, 2.05) is 69.3 Å². The lowest BCUT2D eigenvalue weighted by Gasteiger charge is -2.25. The molecule has 0 saturated carbocycles. The van der Waals surface area contributed by atoms with Gasteiger partial charge in [-0.3, -0.25) is 14.2 Å². The number of hydrogen-bond acceptors (Lipinski definition) is 6. The third kappa shape index (κ3) is 6.46. The fourth-order valence-corrected chi connectivity index (χ4v) is 4.54. The summed E-state index contributed by atoms with van der Waals surface area (Å²) in [7, 11) is 0. The van der Waals surface area contributed by atoms with E-state index in [-0.39, 0.29) is 24.0 Å². The van der Waals surface area contributed by atoms with Crippen LogP contribution in [0.5, 0.6) is 0 Å². The Kier molecular flexibility index (Phi) is 9.25. The maximum Gasteiger partial charge on any atom is 0.262 e. The number of thioether (sulfide) groups is 1. The Bertz CT molecular complexity index is 1200. The highest BCUT2D eigenvalue weighted by molar-refractivity contribution is 8.00. The Balaban J connectivity index is 1.89. The number of ether oxygens (including phenoxy) is 1. The van der Waals surface area contributed by atoms with E-state index in [4.69, 9.17) is 15.0 Å². The number of benzene rings is 2. The Morgan fingerprint density at radius 3 is 2.56 bits per heavy atom. The van der Waals surface area contributed by atoms with E-state index in [1.165, 1.54) is 11.8 Å². The minimum Gasteiger partial charge on any atom is -0.379 e. The predicted molar refractivity (Wildman–Crippen MR) is 136 cm³/mol. The largest absolute Gasteiger partial charge is 0.379 e. The second-order valence-corrected chi connectivity index (χ2v) is 9.44. The lowest BCUT2D eigenvalue weighted by atomic mass is 10.2. The van der Waals surface area contributed by atoms with Gasteiger partial charge in [0.15, 0.2) is 5.16 Å². The molecule has 1 atom stereocenters. The third-order valence-corrected chi connectivity index (χ3v) is 6.29. The molecule has 0 aliphatic heterocycles. The van der Waals surface area contributed by atoms with Crippen molar-refractivity contribution in [3.63, 3.8) is 0 Å². The van der Waals surface area contributed by atoms with Crippen LogP contribution in [0.15, 0.2) is 64.5 Å². The van der Waals surface area contributed by atoms with Crippen LogP contribution in [0.1, 0.15) is 33.6 Å². The molecule has 1 heterocycles. The second-order valence-electron chi connectivity index (χ2n) is 8.14. The Labute approximate surface area is 204 Å². The molecular weight excluding hydrogens is 448 g/mol. The van der Waals surface area contributed by atoms with Crippen molar-refractivity contribution < 1.29 is 9.53 Å². The molecule has 178 valence electrons. The molecule has 3 rings (SSSR count). The highest BCUT2D eigenvalue weighted by atomic mass is 32.2. The first-order valence-electron chi connectivity index (χ1n) is 11.4. The number of carbonyl (C=O) groups excluding carboxylic acids is 1. The van der Waals surface area contributed by atoms with Crippen LogP contribution in [0, 0.1) is 11.3 Å². The Morgan fingerprint density at radius 1 is 1.15 bits per heavy atom. The number of fused-ring (bicyclic) bond motifs is 1. The topological polar surface area (TPSA) is 88.2 Å². The molecule has 1 amide bonds. The molecule has 8 heteroatoms. The molecule has 0 radical (unpaired) electrons. The van der Waals surface area contributed by atoms with Crippen molar-refractivity contribution in [3.8, 4) is 6.07 Å². The number of nitrogens with zero attached hydrogens (tertiary/aromatic N) is 4. The van der Waals surface area contributed by atoms with Crippen molar-refractivity contribution >= 4 is 34.3 Å².